The van der Waals surface area contributed by atoms with Crippen LogP contribution < -0.4 is 9.64 Å². The number of amides is 1. The summed E-state index contributed by atoms with van der Waals surface area (Å²) >= 11 is 0. The molecule has 3 aromatic rings. The van der Waals surface area contributed by atoms with Crippen LogP contribution in [0.15, 0.2) is 47.5 Å². The molecule has 2 aliphatic heterocycles. The summed E-state index contributed by atoms with van der Waals surface area (Å²) in [5, 5.41) is 1.10. The molecular weight excluding hydrogens is 326 g/mol. The maximum Gasteiger partial charge on any atom is 0.227 e. The number of hydrogen-bond donors (Lipinski definition) is 1. The van der Waals surface area contributed by atoms with Crippen molar-refractivity contribution in [3.8, 4) is 5.75 Å². The van der Waals surface area contributed by atoms with Crippen LogP contribution in [0, 0.1) is 0 Å². The van der Waals surface area contributed by atoms with Crippen LogP contribution in [-0.4, -0.2) is 30.3 Å². The maximum absolute atomic E-state index is 12.1. The van der Waals surface area contributed by atoms with Gasteiger partial charge in [-0.1, -0.05) is 18.2 Å². The smallest absolute Gasteiger partial charge is 0.227 e. The number of aromatic amines is 1. The van der Waals surface area contributed by atoms with Crippen LogP contribution in [0.2, 0.25) is 0 Å². The molecule has 0 unspecified atom stereocenters. The lowest BCUT2D eigenvalue weighted by atomic mass is 10.0. The highest BCUT2D eigenvalue weighted by Gasteiger charge is 2.25. The number of para-hydroxylation sites is 1. The van der Waals surface area contributed by atoms with Crippen LogP contribution in [0.25, 0.3) is 10.9 Å². The Hall–Kier alpha value is -3.08. The minimum absolute atomic E-state index is 0.205. The lowest BCUT2D eigenvalue weighted by Crippen LogP contribution is -2.23. The van der Waals surface area contributed by atoms with E-state index in [0.29, 0.717) is 13.0 Å². The molecule has 0 bridgehead atoms. The average molecular weight is 345 g/mol. The van der Waals surface area contributed by atoms with E-state index in [0.717, 1.165) is 52.3 Å². The predicted octanol–water partition coefficient (Wildman–Crippen LogP) is 3.65. The Bertz CT molecular complexity index is 1060. The number of fused-ring (bicyclic) bond motifs is 2. The van der Waals surface area contributed by atoms with E-state index in [1.807, 2.05) is 23.1 Å². The molecule has 1 amide bonds. The van der Waals surface area contributed by atoms with Gasteiger partial charge in [0.15, 0.2) is 0 Å². The van der Waals surface area contributed by atoms with E-state index in [-0.39, 0.29) is 5.91 Å². The zero-order valence-corrected chi connectivity index (χ0v) is 14.6. The highest BCUT2D eigenvalue weighted by Crippen LogP contribution is 2.32. The quantitative estimate of drug-likeness (QED) is 0.788. The molecule has 0 spiro atoms. The van der Waals surface area contributed by atoms with Crippen molar-refractivity contribution >= 4 is 28.2 Å². The number of carbonyl (C=O) groups excluding carboxylic acids is 1. The fourth-order valence-corrected chi connectivity index (χ4v) is 3.92. The maximum atomic E-state index is 12.1. The molecule has 0 saturated carbocycles. The van der Waals surface area contributed by atoms with Crippen molar-refractivity contribution in [2.24, 2.45) is 4.99 Å². The number of anilines is 1. The molecular formula is C21H19N3O2. The number of carbonyl (C=O) groups is 1. The summed E-state index contributed by atoms with van der Waals surface area (Å²) in [5.74, 6) is 1.03. The van der Waals surface area contributed by atoms with Crippen molar-refractivity contribution in [1.29, 1.82) is 0 Å². The Kier molecular flexibility index (Phi) is 3.35. The second-order valence-electron chi connectivity index (χ2n) is 6.76. The first-order chi connectivity index (χ1) is 12.7. The number of rotatable bonds is 3. The van der Waals surface area contributed by atoms with Gasteiger partial charge in [-0.3, -0.25) is 9.79 Å². The number of aliphatic imine (C=N–C) groups is 1. The number of ether oxygens (including phenoxy) is 1. The summed E-state index contributed by atoms with van der Waals surface area (Å²) in [7, 11) is 1.68. The van der Waals surface area contributed by atoms with E-state index < -0.39 is 0 Å². The van der Waals surface area contributed by atoms with Crippen LogP contribution in [-0.2, 0) is 11.3 Å². The monoisotopic (exact) mass is 345 g/mol. The van der Waals surface area contributed by atoms with Crippen molar-refractivity contribution < 1.29 is 9.53 Å². The molecule has 0 aliphatic carbocycles. The summed E-state index contributed by atoms with van der Waals surface area (Å²) in [4.78, 5) is 22.2. The molecule has 0 atom stereocenters. The van der Waals surface area contributed by atoms with Gasteiger partial charge in [-0.05, 0) is 36.2 Å². The van der Waals surface area contributed by atoms with Crippen LogP contribution in [0.5, 0.6) is 5.75 Å². The molecule has 26 heavy (non-hydrogen) atoms. The fourth-order valence-electron chi connectivity index (χ4n) is 3.92. The Morgan fingerprint density at radius 3 is 2.92 bits per heavy atom. The standard InChI is InChI=1S/C21H19N3O2/c1-26-18-5-2-4-13-10-17(23-20(13)18)21-16-11-15(8-7-14(16)12-22-21)24-9-3-6-19(24)25/h2,4-5,7-8,10-11,23H,3,6,9,12H2,1H3. The van der Waals surface area contributed by atoms with Gasteiger partial charge >= 0.3 is 0 Å². The molecule has 3 heterocycles. The van der Waals surface area contributed by atoms with Gasteiger partial charge in [0, 0.05) is 29.6 Å². The SMILES string of the molecule is COc1cccc2cc(C3=NCc4ccc(N5CCCC5=O)cc43)[nH]c12. The molecule has 2 aliphatic rings. The molecule has 5 nitrogen and oxygen atoms in total. The fraction of sp³-hybridized carbons (Fsp3) is 0.238. The number of benzene rings is 2. The zero-order valence-electron chi connectivity index (χ0n) is 14.6. The van der Waals surface area contributed by atoms with E-state index in [2.05, 4.69) is 29.2 Å². The van der Waals surface area contributed by atoms with Crippen molar-refractivity contribution in [3.05, 3.63) is 59.3 Å². The van der Waals surface area contributed by atoms with Crippen molar-refractivity contribution in [2.75, 3.05) is 18.6 Å². The summed E-state index contributed by atoms with van der Waals surface area (Å²) in [6.45, 7) is 1.47. The van der Waals surface area contributed by atoms with Gasteiger partial charge in [0.1, 0.15) is 5.75 Å². The first-order valence-corrected chi connectivity index (χ1v) is 8.89. The Balaban J connectivity index is 1.58. The molecule has 5 heteroatoms. The molecule has 1 N–H and O–H groups in total. The average Bonchev–Trinajstić information content (AvgIpc) is 3.37. The molecule has 1 fully saturated rings. The van der Waals surface area contributed by atoms with Crippen molar-refractivity contribution in [1.82, 2.24) is 4.98 Å². The van der Waals surface area contributed by atoms with Crippen LogP contribution in [0.1, 0.15) is 29.7 Å². The first-order valence-electron chi connectivity index (χ1n) is 8.89. The molecule has 5 rings (SSSR count). The van der Waals surface area contributed by atoms with Gasteiger partial charge in [-0.25, -0.2) is 0 Å². The summed E-state index contributed by atoms with van der Waals surface area (Å²) in [6, 6.07) is 14.3. The molecule has 130 valence electrons. The predicted molar refractivity (Wildman–Crippen MR) is 102 cm³/mol. The number of hydrogen-bond acceptors (Lipinski definition) is 3. The summed E-state index contributed by atoms with van der Waals surface area (Å²) in [5.41, 5.74) is 6.18. The van der Waals surface area contributed by atoms with E-state index >= 15 is 0 Å². The van der Waals surface area contributed by atoms with Crippen molar-refractivity contribution in [3.63, 3.8) is 0 Å². The zero-order chi connectivity index (χ0) is 17.7. The van der Waals surface area contributed by atoms with Gasteiger partial charge in [0.25, 0.3) is 0 Å². The number of methoxy groups -OCH3 is 1. The van der Waals surface area contributed by atoms with Crippen molar-refractivity contribution in [2.45, 2.75) is 19.4 Å². The second-order valence-corrected chi connectivity index (χ2v) is 6.76. The van der Waals surface area contributed by atoms with Gasteiger partial charge in [0.2, 0.25) is 5.91 Å². The molecule has 0 radical (unpaired) electrons. The number of nitrogens with zero attached hydrogens (tertiary/aromatic N) is 2. The van der Waals surface area contributed by atoms with E-state index in [1.54, 1.807) is 7.11 Å². The normalized spacial score (nSPS) is 16.3. The topological polar surface area (TPSA) is 57.7 Å². The highest BCUT2D eigenvalue weighted by atomic mass is 16.5. The minimum Gasteiger partial charge on any atom is -0.495 e. The lowest BCUT2D eigenvalue weighted by Gasteiger charge is -2.17. The number of H-pyrrole nitrogens is 1. The van der Waals surface area contributed by atoms with Crippen LogP contribution in [0.4, 0.5) is 5.69 Å². The van der Waals surface area contributed by atoms with E-state index in [9.17, 15) is 4.79 Å². The van der Waals surface area contributed by atoms with E-state index in [1.165, 1.54) is 5.56 Å². The largest absolute Gasteiger partial charge is 0.495 e. The van der Waals surface area contributed by atoms with Crippen LogP contribution >= 0.6 is 0 Å². The summed E-state index contributed by atoms with van der Waals surface area (Å²) < 4.78 is 5.46. The Morgan fingerprint density at radius 1 is 1.19 bits per heavy atom. The second kappa shape index (κ2) is 5.73. The highest BCUT2D eigenvalue weighted by molar-refractivity contribution is 6.16. The Morgan fingerprint density at radius 2 is 2.12 bits per heavy atom. The minimum atomic E-state index is 0.205. The third-order valence-electron chi connectivity index (χ3n) is 5.23. The third-order valence-corrected chi connectivity index (χ3v) is 5.23. The van der Waals surface area contributed by atoms with E-state index in [4.69, 9.17) is 9.73 Å². The lowest BCUT2D eigenvalue weighted by molar-refractivity contribution is -0.117. The number of aromatic nitrogens is 1. The van der Waals surface area contributed by atoms with Gasteiger partial charge in [-0.2, -0.15) is 0 Å². The number of nitrogens with one attached hydrogen (secondary N) is 1. The summed E-state index contributed by atoms with van der Waals surface area (Å²) in [6.07, 6.45) is 1.57. The molecule has 2 aromatic carbocycles. The van der Waals surface area contributed by atoms with Gasteiger partial charge < -0.3 is 14.6 Å². The molecule has 1 aromatic heterocycles. The third kappa shape index (κ3) is 2.24. The first kappa shape index (κ1) is 15.2. The van der Waals surface area contributed by atoms with Crippen LogP contribution in [0.3, 0.4) is 0 Å². The van der Waals surface area contributed by atoms with Gasteiger partial charge in [-0.15, -0.1) is 0 Å². The Labute approximate surface area is 151 Å². The van der Waals surface area contributed by atoms with Gasteiger partial charge in [0.05, 0.1) is 30.6 Å². The molecule has 1 saturated heterocycles.